The molecule has 0 bridgehead atoms. The SMILES string of the molecule is COc1cc(I)c(Cl)cc1CNC(=O)c1ccnn1C. The number of nitrogens with zero attached hydrogens (tertiary/aromatic N) is 2. The van der Waals surface area contributed by atoms with E-state index in [1.54, 1.807) is 32.5 Å². The molecule has 0 aliphatic rings. The summed E-state index contributed by atoms with van der Waals surface area (Å²) in [6, 6.07) is 5.30. The lowest BCUT2D eigenvalue weighted by molar-refractivity contribution is 0.0941. The molecule has 0 radical (unpaired) electrons. The lowest BCUT2D eigenvalue weighted by atomic mass is 10.2. The number of nitrogens with one attached hydrogen (secondary N) is 1. The number of methoxy groups -OCH3 is 1. The van der Waals surface area contributed by atoms with Crippen LogP contribution in [0.3, 0.4) is 0 Å². The smallest absolute Gasteiger partial charge is 0.269 e. The Morgan fingerprint density at radius 2 is 2.30 bits per heavy atom. The molecular weight excluding hydrogens is 393 g/mol. The molecule has 0 aliphatic carbocycles. The van der Waals surface area contributed by atoms with Gasteiger partial charge >= 0.3 is 0 Å². The maximum atomic E-state index is 12.0. The average molecular weight is 406 g/mol. The first-order valence-electron chi connectivity index (χ1n) is 5.81. The van der Waals surface area contributed by atoms with E-state index in [1.807, 2.05) is 6.07 Å². The van der Waals surface area contributed by atoms with Crippen LogP contribution >= 0.6 is 34.2 Å². The zero-order valence-corrected chi connectivity index (χ0v) is 13.9. The third kappa shape index (κ3) is 3.24. The van der Waals surface area contributed by atoms with E-state index in [2.05, 4.69) is 33.0 Å². The van der Waals surface area contributed by atoms with Gasteiger partial charge in [-0.3, -0.25) is 9.48 Å². The monoisotopic (exact) mass is 405 g/mol. The molecule has 0 atom stereocenters. The number of aryl methyl sites for hydroxylation is 1. The van der Waals surface area contributed by atoms with Gasteiger partial charge in [-0.05, 0) is 40.8 Å². The fraction of sp³-hybridized carbons (Fsp3) is 0.231. The van der Waals surface area contributed by atoms with Crippen LogP contribution in [0.5, 0.6) is 5.75 Å². The van der Waals surface area contributed by atoms with Gasteiger partial charge in [0.25, 0.3) is 5.91 Å². The van der Waals surface area contributed by atoms with E-state index >= 15 is 0 Å². The highest BCUT2D eigenvalue weighted by Crippen LogP contribution is 2.28. The van der Waals surface area contributed by atoms with Gasteiger partial charge in [-0.2, -0.15) is 5.10 Å². The molecule has 5 nitrogen and oxygen atoms in total. The van der Waals surface area contributed by atoms with Crippen molar-refractivity contribution in [2.24, 2.45) is 7.05 Å². The molecule has 1 amide bonds. The minimum atomic E-state index is -0.193. The third-order valence-electron chi connectivity index (χ3n) is 2.82. The molecule has 0 spiro atoms. The predicted molar refractivity (Wildman–Crippen MR) is 85.1 cm³/mol. The maximum absolute atomic E-state index is 12.0. The molecule has 0 fully saturated rings. The van der Waals surface area contributed by atoms with E-state index in [9.17, 15) is 4.79 Å². The van der Waals surface area contributed by atoms with Crippen molar-refractivity contribution in [2.75, 3.05) is 7.11 Å². The van der Waals surface area contributed by atoms with Crippen LogP contribution in [-0.4, -0.2) is 22.8 Å². The molecule has 7 heteroatoms. The standard InChI is InChI=1S/C13H13ClIN3O2/c1-18-11(3-4-17-18)13(19)16-7-8-5-9(14)10(15)6-12(8)20-2/h3-6H,7H2,1-2H3,(H,16,19). The molecule has 1 aromatic carbocycles. The highest BCUT2D eigenvalue weighted by atomic mass is 127. The number of ether oxygens (including phenoxy) is 1. The van der Waals surface area contributed by atoms with Gasteiger partial charge in [0, 0.05) is 28.9 Å². The zero-order valence-electron chi connectivity index (χ0n) is 11.0. The number of rotatable bonds is 4. The number of carbonyl (C=O) groups is 1. The van der Waals surface area contributed by atoms with E-state index in [1.165, 1.54) is 4.68 Å². The molecule has 1 N–H and O–H groups in total. The Hall–Kier alpha value is -1.28. The first-order valence-corrected chi connectivity index (χ1v) is 7.26. The molecular formula is C13H13ClIN3O2. The minimum Gasteiger partial charge on any atom is -0.496 e. The number of hydrogen-bond donors (Lipinski definition) is 1. The summed E-state index contributed by atoms with van der Waals surface area (Å²) < 4.78 is 7.72. The number of amides is 1. The summed E-state index contributed by atoms with van der Waals surface area (Å²) in [5.74, 6) is 0.505. The zero-order chi connectivity index (χ0) is 14.7. The molecule has 2 rings (SSSR count). The van der Waals surface area contributed by atoms with Crippen molar-refractivity contribution in [3.63, 3.8) is 0 Å². The van der Waals surface area contributed by atoms with Crippen molar-refractivity contribution in [3.8, 4) is 5.75 Å². The van der Waals surface area contributed by atoms with Gasteiger partial charge in [-0.15, -0.1) is 0 Å². The molecule has 1 aromatic heterocycles. The Morgan fingerprint density at radius 1 is 1.55 bits per heavy atom. The van der Waals surface area contributed by atoms with Gasteiger partial charge in [-0.25, -0.2) is 0 Å². The fourth-order valence-electron chi connectivity index (χ4n) is 1.76. The van der Waals surface area contributed by atoms with E-state index in [0.717, 1.165) is 9.13 Å². The molecule has 20 heavy (non-hydrogen) atoms. The molecule has 2 aromatic rings. The van der Waals surface area contributed by atoms with Crippen LogP contribution in [0, 0.1) is 3.57 Å². The summed E-state index contributed by atoms with van der Waals surface area (Å²) in [6.45, 7) is 0.337. The Labute approximate surface area is 135 Å². The molecule has 0 unspecified atom stereocenters. The second-order valence-corrected chi connectivity index (χ2v) is 5.67. The number of aromatic nitrogens is 2. The van der Waals surface area contributed by atoms with Crippen molar-refractivity contribution >= 4 is 40.1 Å². The van der Waals surface area contributed by atoms with Crippen molar-refractivity contribution < 1.29 is 9.53 Å². The maximum Gasteiger partial charge on any atom is 0.269 e. The Morgan fingerprint density at radius 3 is 2.90 bits per heavy atom. The molecule has 0 saturated carbocycles. The van der Waals surface area contributed by atoms with Crippen molar-refractivity contribution in [1.82, 2.24) is 15.1 Å². The normalized spacial score (nSPS) is 10.4. The van der Waals surface area contributed by atoms with Crippen LogP contribution in [-0.2, 0) is 13.6 Å². The van der Waals surface area contributed by atoms with Gasteiger partial charge in [0.15, 0.2) is 0 Å². The fourth-order valence-corrected chi connectivity index (χ4v) is 2.39. The molecule has 0 saturated heterocycles. The Kier molecular flexibility index (Phi) is 4.87. The Balaban J connectivity index is 2.13. The summed E-state index contributed by atoms with van der Waals surface area (Å²) in [5.41, 5.74) is 1.33. The highest BCUT2D eigenvalue weighted by Gasteiger charge is 2.12. The van der Waals surface area contributed by atoms with E-state index in [0.29, 0.717) is 23.0 Å². The van der Waals surface area contributed by atoms with Crippen molar-refractivity contribution in [1.29, 1.82) is 0 Å². The topological polar surface area (TPSA) is 56.1 Å². The van der Waals surface area contributed by atoms with E-state index < -0.39 is 0 Å². The summed E-state index contributed by atoms with van der Waals surface area (Å²) in [5, 5.41) is 7.42. The van der Waals surface area contributed by atoms with Gasteiger partial charge in [0.1, 0.15) is 11.4 Å². The average Bonchev–Trinajstić information content (AvgIpc) is 2.85. The summed E-state index contributed by atoms with van der Waals surface area (Å²) in [6.07, 6.45) is 1.58. The first-order chi connectivity index (χ1) is 9.52. The van der Waals surface area contributed by atoms with Crippen LogP contribution in [0.2, 0.25) is 5.02 Å². The largest absolute Gasteiger partial charge is 0.496 e. The van der Waals surface area contributed by atoms with Crippen molar-refractivity contribution in [3.05, 3.63) is 44.2 Å². The van der Waals surface area contributed by atoms with Gasteiger partial charge in [0.05, 0.1) is 12.1 Å². The van der Waals surface area contributed by atoms with E-state index in [4.69, 9.17) is 16.3 Å². The van der Waals surface area contributed by atoms with Gasteiger partial charge in [0.2, 0.25) is 0 Å². The summed E-state index contributed by atoms with van der Waals surface area (Å²) in [7, 11) is 3.31. The van der Waals surface area contributed by atoms with Crippen LogP contribution in [0.4, 0.5) is 0 Å². The second-order valence-electron chi connectivity index (χ2n) is 4.10. The molecule has 0 aliphatic heterocycles. The van der Waals surface area contributed by atoms with Crippen LogP contribution in [0.15, 0.2) is 24.4 Å². The first kappa shape index (κ1) is 15.1. The predicted octanol–water partition coefficient (Wildman–Crippen LogP) is 2.62. The Bertz CT molecular complexity index is 643. The quantitative estimate of drug-likeness (QED) is 0.796. The number of carbonyl (C=O) groups excluding carboxylic acids is 1. The number of halogens is 2. The van der Waals surface area contributed by atoms with Gasteiger partial charge in [-0.1, -0.05) is 11.6 Å². The van der Waals surface area contributed by atoms with E-state index in [-0.39, 0.29) is 5.91 Å². The number of hydrogen-bond acceptors (Lipinski definition) is 3. The highest BCUT2D eigenvalue weighted by molar-refractivity contribution is 14.1. The number of benzene rings is 1. The third-order valence-corrected chi connectivity index (χ3v) is 4.34. The van der Waals surface area contributed by atoms with Crippen molar-refractivity contribution in [2.45, 2.75) is 6.54 Å². The lowest BCUT2D eigenvalue weighted by Crippen LogP contribution is -2.25. The minimum absolute atomic E-state index is 0.193. The summed E-state index contributed by atoms with van der Waals surface area (Å²) >= 11 is 8.23. The van der Waals surface area contributed by atoms with Crippen LogP contribution in [0.1, 0.15) is 16.1 Å². The second kappa shape index (κ2) is 6.45. The molecule has 1 heterocycles. The van der Waals surface area contributed by atoms with Gasteiger partial charge < -0.3 is 10.1 Å². The van der Waals surface area contributed by atoms with Crippen LogP contribution in [0.25, 0.3) is 0 Å². The molecule has 106 valence electrons. The lowest BCUT2D eigenvalue weighted by Gasteiger charge is -2.11. The summed E-state index contributed by atoms with van der Waals surface area (Å²) in [4.78, 5) is 12.0. The van der Waals surface area contributed by atoms with Crippen LogP contribution < -0.4 is 10.1 Å².